The number of aromatic nitrogens is 2. The van der Waals surface area contributed by atoms with E-state index >= 15 is 0 Å². The quantitative estimate of drug-likeness (QED) is 0.622. The molecule has 2 aromatic rings. The summed E-state index contributed by atoms with van der Waals surface area (Å²) in [6.45, 7) is -0.160. The van der Waals surface area contributed by atoms with Gasteiger partial charge in [0.2, 0.25) is 0 Å². The Bertz CT molecular complexity index is 976. The first-order chi connectivity index (χ1) is 10.3. The Hall–Kier alpha value is -1.45. The molecule has 0 amide bonds. The third-order valence-electron chi connectivity index (χ3n) is 3.64. The molecular weight excluding hydrogens is 376 g/mol. The molecule has 3 rings (SSSR count). The van der Waals surface area contributed by atoms with Crippen LogP contribution in [0.3, 0.4) is 0 Å². The van der Waals surface area contributed by atoms with Crippen molar-refractivity contribution in [2.75, 3.05) is 12.9 Å². The molecule has 0 fully saturated rings. The number of nitrogens with one attached hydrogen (secondary N) is 1. The highest BCUT2D eigenvalue weighted by Gasteiger charge is 2.25. The summed E-state index contributed by atoms with van der Waals surface area (Å²) >= 11 is 3.37. The third kappa shape index (κ3) is 2.75. The predicted octanol–water partition coefficient (Wildman–Crippen LogP) is 0.916. The summed E-state index contributed by atoms with van der Waals surface area (Å²) < 4.78 is 29.3. The van der Waals surface area contributed by atoms with Gasteiger partial charge in [-0.2, -0.15) is 8.42 Å². The molecule has 1 aliphatic heterocycles. The molecule has 0 radical (unpaired) electrons. The normalized spacial score (nSPS) is 17.8. The fourth-order valence-corrected chi connectivity index (χ4v) is 3.68. The first kappa shape index (κ1) is 15.4. The lowest BCUT2D eigenvalue weighted by Crippen LogP contribution is -2.41. The number of benzene rings is 1. The third-order valence-corrected chi connectivity index (χ3v) is 4.66. The summed E-state index contributed by atoms with van der Waals surface area (Å²) in [5, 5.41) is 0. The van der Waals surface area contributed by atoms with E-state index in [9.17, 15) is 18.0 Å². The number of nitrogens with zero attached hydrogens (tertiary/aromatic N) is 1. The zero-order valence-corrected chi connectivity index (χ0v) is 14.0. The standard InChI is InChI=1S/C13H13BrN2O5S/c1-22(19,20)21-6-9-3-2-7-4-8(14)5-10-11(7)16(9)13(18)12(17)15-10/h4-5,9H,2-3,6H2,1H3,(H,15,17). The van der Waals surface area contributed by atoms with Gasteiger partial charge >= 0.3 is 11.1 Å². The number of rotatable bonds is 3. The largest absolute Gasteiger partial charge is 0.317 e. The van der Waals surface area contributed by atoms with E-state index in [4.69, 9.17) is 4.18 Å². The van der Waals surface area contributed by atoms with Crippen molar-refractivity contribution in [3.8, 4) is 0 Å². The molecule has 22 heavy (non-hydrogen) atoms. The Morgan fingerprint density at radius 1 is 1.41 bits per heavy atom. The average Bonchev–Trinajstić information content (AvgIpc) is 2.41. The van der Waals surface area contributed by atoms with Crippen LogP contribution in [0, 0.1) is 0 Å². The van der Waals surface area contributed by atoms with Gasteiger partial charge in [-0.05, 0) is 30.5 Å². The van der Waals surface area contributed by atoms with Crippen LogP contribution >= 0.6 is 15.9 Å². The molecule has 2 heterocycles. The van der Waals surface area contributed by atoms with E-state index in [2.05, 4.69) is 20.9 Å². The molecule has 1 unspecified atom stereocenters. The second kappa shape index (κ2) is 5.32. The Kier molecular flexibility index (Phi) is 3.74. The number of H-pyrrole nitrogens is 1. The summed E-state index contributed by atoms with van der Waals surface area (Å²) in [5.74, 6) is 0. The van der Waals surface area contributed by atoms with Crippen LogP contribution in [0.4, 0.5) is 0 Å². The highest BCUT2D eigenvalue weighted by Crippen LogP contribution is 2.30. The topological polar surface area (TPSA) is 98.2 Å². The van der Waals surface area contributed by atoms with Gasteiger partial charge in [-0.1, -0.05) is 15.9 Å². The lowest BCUT2D eigenvalue weighted by molar-refractivity contribution is 0.244. The van der Waals surface area contributed by atoms with Gasteiger partial charge in [-0.25, -0.2) is 0 Å². The van der Waals surface area contributed by atoms with Crippen LogP contribution < -0.4 is 11.1 Å². The van der Waals surface area contributed by atoms with Gasteiger partial charge in [0.15, 0.2) is 0 Å². The Labute approximate surface area is 134 Å². The summed E-state index contributed by atoms with van der Waals surface area (Å²) in [6.07, 6.45) is 2.15. The maximum Gasteiger partial charge on any atom is 0.317 e. The van der Waals surface area contributed by atoms with Gasteiger partial charge in [-0.3, -0.25) is 18.3 Å². The van der Waals surface area contributed by atoms with Crippen LogP contribution in [0.5, 0.6) is 0 Å². The van der Waals surface area contributed by atoms with Gasteiger partial charge in [0, 0.05) is 4.47 Å². The van der Waals surface area contributed by atoms with Gasteiger partial charge in [0.05, 0.1) is 29.9 Å². The smallest absolute Gasteiger partial charge is 0.316 e. The van der Waals surface area contributed by atoms with Crippen molar-refractivity contribution >= 4 is 37.1 Å². The molecule has 1 aromatic heterocycles. The molecule has 118 valence electrons. The second-order valence-electron chi connectivity index (χ2n) is 5.27. The molecule has 1 N–H and O–H groups in total. The number of hydrogen-bond acceptors (Lipinski definition) is 5. The molecular formula is C13H13BrN2O5S. The van der Waals surface area contributed by atoms with Gasteiger partial charge in [0.25, 0.3) is 10.1 Å². The van der Waals surface area contributed by atoms with E-state index in [1.54, 1.807) is 6.07 Å². The lowest BCUT2D eigenvalue weighted by atomic mass is 9.98. The summed E-state index contributed by atoms with van der Waals surface area (Å²) in [6, 6.07) is 3.13. The van der Waals surface area contributed by atoms with Crippen LogP contribution in [0.15, 0.2) is 26.2 Å². The molecule has 9 heteroatoms. The molecule has 1 aromatic carbocycles. The fraction of sp³-hybridized carbons (Fsp3) is 0.385. The predicted molar refractivity (Wildman–Crippen MR) is 84.7 cm³/mol. The number of hydrogen-bond donors (Lipinski definition) is 1. The van der Waals surface area contributed by atoms with Crippen LogP contribution in [0.1, 0.15) is 18.0 Å². The fourth-order valence-electron chi connectivity index (χ4n) is 2.77. The molecule has 0 saturated heterocycles. The van der Waals surface area contributed by atoms with Gasteiger partial charge in [-0.15, -0.1) is 0 Å². The van der Waals surface area contributed by atoms with E-state index in [1.165, 1.54) is 4.57 Å². The van der Waals surface area contributed by atoms with Crippen LogP contribution in [0.2, 0.25) is 0 Å². The van der Waals surface area contributed by atoms with E-state index in [-0.39, 0.29) is 6.61 Å². The average molecular weight is 389 g/mol. The first-order valence-corrected chi connectivity index (χ1v) is 9.18. The lowest BCUT2D eigenvalue weighted by Gasteiger charge is -2.27. The molecule has 0 saturated carbocycles. The van der Waals surface area contributed by atoms with Gasteiger partial charge in [0.1, 0.15) is 0 Å². The molecule has 1 aliphatic rings. The first-order valence-electron chi connectivity index (χ1n) is 6.57. The second-order valence-corrected chi connectivity index (χ2v) is 7.83. The van der Waals surface area contributed by atoms with E-state index < -0.39 is 27.3 Å². The van der Waals surface area contributed by atoms with Crippen molar-refractivity contribution in [2.45, 2.75) is 18.9 Å². The zero-order chi connectivity index (χ0) is 16.1. The maximum atomic E-state index is 12.2. The van der Waals surface area contributed by atoms with E-state index in [1.807, 2.05) is 6.07 Å². The zero-order valence-electron chi connectivity index (χ0n) is 11.6. The summed E-state index contributed by atoms with van der Waals surface area (Å²) in [5.41, 5.74) is 0.660. The monoisotopic (exact) mass is 388 g/mol. The number of aromatic amines is 1. The van der Waals surface area contributed by atoms with Crippen molar-refractivity contribution in [1.82, 2.24) is 9.55 Å². The summed E-state index contributed by atoms with van der Waals surface area (Å²) in [4.78, 5) is 26.6. The summed E-state index contributed by atoms with van der Waals surface area (Å²) in [7, 11) is -3.61. The van der Waals surface area contributed by atoms with E-state index in [0.717, 1.165) is 16.3 Å². The highest BCUT2D eigenvalue weighted by molar-refractivity contribution is 9.10. The van der Waals surface area contributed by atoms with Crippen molar-refractivity contribution in [3.05, 3.63) is 42.9 Å². The Morgan fingerprint density at radius 2 is 2.14 bits per heavy atom. The highest BCUT2D eigenvalue weighted by atomic mass is 79.9. The molecule has 0 bridgehead atoms. The van der Waals surface area contributed by atoms with Gasteiger partial charge < -0.3 is 4.98 Å². The van der Waals surface area contributed by atoms with Crippen molar-refractivity contribution in [3.63, 3.8) is 0 Å². The molecule has 1 atom stereocenters. The number of aryl methyl sites for hydroxylation is 1. The maximum absolute atomic E-state index is 12.2. The van der Waals surface area contributed by atoms with Crippen LogP contribution in [-0.4, -0.2) is 30.8 Å². The minimum absolute atomic E-state index is 0.160. The Morgan fingerprint density at radius 3 is 2.82 bits per heavy atom. The molecule has 0 aliphatic carbocycles. The minimum atomic E-state index is -3.61. The Balaban J connectivity index is 2.22. The SMILES string of the molecule is CS(=O)(=O)OCC1CCc2cc(Br)cc3[nH]c(=O)c(=O)n1c23. The number of halogens is 1. The van der Waals surface area contributed by atoms with Crippen LogP contribution in [0.25, 0.3) is 11.0 Å². The minimum Gasteiger partial charge on any atom is -0.316 e. The van der Waals surface area contributed by atoms with E-state index in [0.29, 0.717) is 23.9 Å². The van der Waals surface area contributed by atoms with Crippen molar-refractivity contribution in [1.29, 1.82) is 0 Å². The van der Waals surface area contributed by atoms with Crippen molar-refractivity contribution < 1.29 is 12.6 Å². The molecule has 0 spiro atoms. The van der Waals surface area contributed by atoms with Crippen LogP contribution in [-0.2, 0) is 20.7 Å². The molecule has 7 nitrogen and oxygen atoms in total. The van der Waals surface area contributed by atoms with Crippen molar-refractivity contribution in [2.24, 2.45) is 0 Å².